The third-order valence-electron chi connectivity index (χ3n) is 6.42. The van der Waals surface area contributed by atoms with E-state index in [2.05, 4.69) is 20.0 Å². The van der Waals surface area contributed by atoms with Crippen LogP contribution in [0.3, 0.4) is 0 Å². The molecule has 180 valence electrons. The van der Waals surface area contributed by atoms with Gasteiger partial charge in [-0.1, -0.05) is 6.07 Å². The van der Waals surface area contributed by atoms with Crippen molar-refractivity contribution in [2.45, 2.75) is 18.9 Å². The topological polar surface area (TPSA) is 99.3 Å². The number of hydrogen-bond donors (Lipinski definition) is 1. The molecule has 5 rings (SSSR count). The van der Waals surface area contributed by atoms with Crippen molar-refractivity contribution in [2.24, 2.45) is 0 Å². The van der Waals surface area contributed by atoms with Crippen LogP contribution in [0.25, 0.3) is 16.9 Å². The summed E-state index contributed by atoms with van der Waals surface area (Å²) < 4.78 is 23.5. The number of piperazine rings is 1. The van der Waals surface area contributed by atoms with Crippen molar-refractivity contribution in [3.63, 3.8) is 0 Å². The van der Waals surface area contributed by atoms with E-state index in [1.54, 1.807) is 15.6 Å². The minimum absolute atomic E-state index is 0.127. The van der Waals surface area contributed by atoms with Crippen LogP contribution < -0.4 is 9.64 Å². The Balaban J connectivity index is 1.52. The number of piperidine rings is 1. The second-order valence-electron chi connectivity index (χ2n) is 8.75. The van der Waals surface area contributed by atoms with Crippen molar-refractivity contribution in [1.82, 2.24) is 29.4 Å². The fourth-order valence-corrected chi connectivity index (χ4v) is 4.47. The Labute approximate surface area is 196 Å². The molecule has 2 fully saturated rings. The zero-order valence-corrected chi connectivity index (χ0v) is 19.1. The number of nitrogens with zero attached hydrogens (tertiary/aromatic N) is 7. The fraction of sp³-hybridized carbons (Fsp3) is 0.478. The van der Waals surface area contributed by atoms with Crippen molar-refractivity contribution in [3.05, 3.63) is 36.4 Å². The lowest BCUT2D eigenvalue weighted by Gasteiger charge is -2.34. The maximum absolute atomic E-state index is 15.7. The van der Waals surface area contributed by atoms with E-state index in [4.69, 9.17) is 4.74 Å². The largest absolute Gasteiger partial charge is 0.470 e. The maximum Gasteiger partial charge on any atom is 0.256 e. The smallest absolute Gasteiger partial charge is 0.256 e. The summed E-state index contributed by atoms with van der Waals surface area (Å²) in [6, 6.07) is 5.68. The van der Waals surface area contributed by atoms with Gasteiger partial charge in [0.2, 0.25) is 11.7 Å². The number of carbonyl (C=O) groups excluding carboxylic acids is 1. The summed E-state index contributed by atoms with van der Waals surface area (Å²) in [5.74, 6) is -0.539. The van der Waals surface area contributed by atoms with Crippen molar-refractivity contribution >= 4 is 17.2 Å². The number of aliphatic hydroxyl groups excluding tert-OH is 1. The molecule has 2 aliphatic heterocycles. The molecule has 0 spiro atoms. The molecule has 3 aromatic heterocycles. The number of hydrogen-bond acceptors (Lipinski definition) is 8. The van der Waals surface area contributed by atoms with Gasteiger partial charge in [-0.15, -0.1) is 0 Å². The highest BCUT2D eigenvalue weighted by Crippen LogP contribution is 2.32. The van der Waals surface area contributed by atoms with Crippen molar-refractivity contribution in [2.75, 3.05) is 57.8 Å². The van der Waals surface area contributed by atoms with Crippen LogP contribution in [0.5, 0.6) is 5.88 Å². The van der Waals surface area contributed by atoms with Crippen LogP contribution >= 0.6 is 0 Å². The quantitative estimate of drug-likeness (QED) is 0.592. The molecular formula is C23H28FN7O3. The first-order valence-electron chi connectivity index (χ1n) is 11.5. The molecule has 0 aromatic carbocycles. The van der Waals surface area contributed by atoms with Crippen molar-refractivity contribution in [3.8, 4) is 17.3 Å². The molecule has 10 nitrogen and oxygen atoms in total. The summed E-state index contributed by atoms with van der Waals surface area (Å²) in [6.07, 6.45) is 4.44. The summed E-state index contributed by atoms with van der Waals surface area (Å²) in [7, 11) is 2.04. The highest BCUT2D eigenvalue weighted by atomic mass is 19.1. The van der Waals surface area contributed by atoms with Gasteiger partial charge < -0.3 is 24.5 Å². The summed E-state index contributed by atoms with van der Waals surface area (Å²) in [5.41, 5.74) is 1.49. The number of aliphatic hydroxyl groups is 1. The van der Waals surface area contributed by atoms with Crippen LogP contribution in [0.1, 0.15) is 12.8 Å². The third kappa shape index (κ3) is 4.40. The van der Waals surface area contributed by atoms with Gasteiger partial charge >= 0.3 is 0 Å². The lowest BCUT2D eigenvalue weighted by Crippen LogP contribution is -2.46. The number of carbonyl (C=O) groups is 1. The lowest BCUT2D eigenvalue weighted by atomic mass is 10.1. The summed E-state index contributed by atoms with van der Waals surface area (Å²) in [6.45, 7) is 3.14. The van der Waals surface area contributed by atoms with Crippen molar-refractivity contribution in [1.29, 1.82) is 0 Å². The number of aromatic nitrogens is 4. The van der Waals surface area contributed by atoms with E-state index in [9.17, 15) is 9.90 Å². The van der Waals surface area contributed by atoms with Gasteiger partial charge in [-0.2, -0.15) is 14.5 Å². The monoisotopic (exact) mass is 469 g/mol. The number of halogens is 1. The van der Waals surface area contributed by atoms with Gasteiger partial charge in [0.25, 0.3) is 5.88 Å². The number of anilines is 1. The van der Waals surface area contributed by atoms with Crippen LogP contribution in [0, 0.1) is 5.82 Å². The molecule has 1 atom stereocenters. The van der Waals surface area contributed by atoms with Gasteiger partial charge in [-0.3, -0.25) is 4.79 Å². The average Bonchev–Trinajstić information content (AvgIpc) is 3.30. The highest BCUT2D eigenvalue weighted by molar-refractivity contribution is 5.77. The summed E-state index contributed by atoms with van der Waals surface area (Å²) in [5, 5.41) is 13.6. The zero-order chi connectivity index (χ0) is 23.7. The van der Waals surface area contributed by atoms with Gasteiger partial charge in [0.1, 0.15) is 12.7 Å². The second-order valence-corrected chi connectivity index (χ2v) is 8.75. The molecule has 3 aromatic rings. The van der Waals surface area contributed by atoms with Crippen LogP contribution in [0.15, 0.2) is 30.6 Å². The molecule has 0 saturated carbocycles. The van der Waals surface area contributed by atoms with Gasteiger partial charge in [0.15, 0.2) is 11.6 Å². The SMILES string of the molecule is CN1CCN(c2nc(-c3cnn4ccccc34)nc(O[C@@H]3CCCN(C(=O)CO)C3)c2F)CC1. The van der Waals surface area contributed by atoms with E-state index in [0.29, 0.717) is 43.9 Å². The Morgan fingerprint density at radius 1 is 1.21 bits per heavy atom. The van der Waals surface area contributed by atoms with Crippen LogP contribution in [0.2, 0.25) is 0 Å². The van der Waals surface area contributed by atoms with E-state index in [0.717, 1.165) is 18.6 Å². The Hall–Kier alpha value is -3.31. The van der Waals surface area contributed by atoms with E-state index >= 15 is 4.39 Å². The molecule has 0 aliphatic carbocycles. The van der Waals surface area contributed by atoms with Gasteiger partial charge in [-0.25, -0.2) is 9.50 Å². The Morgan fingerprint density at radius 3 is 2.82 bits per heavy atom. The van der Waals surface area contributed by atoms with E-state index in [1.807, 2.05) is 36.3 Å². The number of amides is 1. The predicted octanol–water partition coefficient (Wildman–Crippen LogP) is 1.04. The fourth-order valence-electron chi connectivity index (χ4n) is 4.47. The van der Waals surface area contributed by atoms with E-state index in [-0.39, 0.29) is 24.1 Å². The molecule has 0 unspecified atom stereocenters. The predicted molar refractivity (Wildman–Crippen MR) is 123 cm³/mol. The molecule has 34 heavy (non-hydrogen) atoms. The second kappa shape index (κ2) is 9.51. The Kier molecular flexibility index (Phi) is 6.29. The minimum Gasteiger partial charge on any atom is -0.470 e. The van der Waals surface area contributed by atoms with Crippen LogP contribution in [0.4, 0.5) is 10.2 Å². The third-order valence-corrected chi connectivity index (χ3v) is 6.42. The zero-order valence-electron chi connectivity index (χ0n) is 19.1. The summed E-state index contributed by atoms with van der Waals surface area (Å²) in [4.78, 5) is 26.7. The summed E-state index contributed by atoms with van der Waals surface area (Å²) >= 11 is 0. The molecule has 0 bridgehead atoms. The molecule has 2 aliphatic rings. The standard InChI is InChI=1S/C23H28FN7O3/c1-28-9-11-29(12-10-28)22-20(24)23(34-16-5-4-7-30(14-16)19(33)15-32)27-21(26-22)17-13-25-31-8-3-2-6-18(17)31/h2-3,6,8,13,16,32H,4-5,7,9-12,14-15H2,1H3/t16-/m1/s1. The van der Waals surface area contributed by atoms with Crippen LogP contribution in [-0.4, -0.2) is 99.4 Å². The Morgan fingerprint density at radius 2 is 2.03 bits per heavy atom. The Bertz CT molecular complexity index is 1180. The maximum atomic E-state index is 15.7. The number of fused-ring (bicyclic) bond motifs is 1. The van der Waals surface area contributed by atoms with E-state index < -0.39 is 18.5 Å². The van der Waals surface area contributed by atoms with Gasteiger partial charge in [-0.05, 0) is 32.0 Å². The number of likely N-dealkylation sites (tertiary alicyclic amines) is 1. The average molecular weight is 470 g/mol. The van der Waals surface area contributed by atoms with E-state index in [1.165, 1.54) is 0 Å². The minimum atomic E-state index is -0.601. The number of ether oxygens (including phenoxy) is 1. The first-order valence-corrected chi connectivity index (χ1v) is 11.5. The molecule has 5 heterocycles. The molecule has 11 heteroatoms. The van der Waals surface area contributed by atoms with Crippen LogP contribution in [-0.2, 0) is 4.79 Å². The first-order chi connectivity index (χ1) is 16.5. The lowest BCUT2D eigenvalue weighted by molar-refractivity contribution is -0.136. The number of rotatable bonds is 5. The molecule has 1 amide bonds. The normalized spacial score (nSPS) is 19.6. The molecule has 0 radical (unpaired) electrons. The number of likely N-dealkylation sites (N-methyl/N-ethyl adjacent to an activating group) is 1. The molecular weight excluding hydrogens is 441 g/mol. The van der Waals surface area contributed by atoms with Crippen molar-refractivity contribution < 1.29 is 19.0 Å². The highest BCUT2D eigenvalue weighted by Gasteiger charge is 2.29. The number of pyridine rings is 1. The molecule has 2 saturated heterocycles. The molecule has 1 N–H and O–H groups in total. The van der Waals surface area contributed by atoms with Gasteiger partial charge in [0.05, 0.1) is 23.8 Å². The van der Waals surface area contributed by atoms with Gasteiger partial charge in [0, 0.05) is 38.9 Å². The first kappa shape index (κ1) is 22.5.